The summed E-state index contributed by atoms with van der Waals surface area (Å²) in [7, 11) is 0. The number of benzene rings is 1. The van der Waals surface area contributed by atoms with E-state index in [9.17, 15) is 4.79 Å². The molecule has 0 aromatic heterocycles. The summed E-state index contributed by atoms with van der Waals surface area (Å²) < 4.78 is 0. The van der Waals surface area contributed by atoms with E-state index in [1.165, 1.54) is 0 Å². The van der Waals surface area contributed by atoms with Crippen LogP contribution in [0.1, 0.15) is 27.7 Å². The molecular formula is C13H18N4O. The van der Waals surface area contributed by atoms with Crippen LogP contribution in [0.25, 0.3) is 10.4 Å². The average molecular weight is 246 g/mol. The van der Waals surface area contributed by atoms with E-state index in [4.69, 9.17) is 5.53 Å². The van der Waals surface area contributed by atoms with Crippen LogP contribution in [0.15, 0.2) is 29.4 Å². The normalized spacial score (nSPS) is 12.4. The van der Waals surface area contributed by atoms with Crippen molar-refractivity contribution in [3.8, 4) is 0 Å². The molecule has 0 radical (unpaired) electrons. The first-order chi connectivity index (χ1) is 8.34. The van der Waals surface area contributed by atoms with Crippen LogP contribution < -0.4 is 5.32 Å². The zero-order valence-corrected chi connectivity index (χ0v) is 11.1. The summed E-state index contributed by atoms with van der Waals surface area (Å²) in [4.78, 5) is 14.7. The number of amides is 1. The van der Waals surface area contributed by atoms with Crippen LogP contribution in [-0.2, 0) is 4.79 Å². The molecule has 1 atom stereocenters. The first kappa shape index (κ1) is 14.1. The van der Waals surface area contributed by atoms with Crippen LogP contribution in [0, 0.1) is 11.3 Å². The molecule has 0 heterocycles. The Balaban J connectivity index is 2.73. The maximum absolute atomic E-state index is 12.0. The summed E-state index contributed by atoms with van der Waals surface area (Å²) in [5, 5.41) is 6.31. The molecule has 0 fully saturated rings. The van der Waals surface area contributed by atoms with Gasteiger partial charge in [-0.05, 0) is 23.1 Å². The number of anilines is 1. The number of hydrogen-bond donors (Lipinski definition) is 1. The van der Waals surface area contributed by atoms with Crippen LogP contribution in [-0.4, -0.2) is 5.91 Å². The van der Waals surface area contributed by atoms with Crippen LogP contribution in [0.5, 0.6) is 0 Å². The van der Waals surface area contributed by atoms with Crippen molar-refractivity contribution < 1.29 is 4.79 Å². The predicted molar refractivity (Wildman–Crippen MR) is 72.5 cm³/mol. The Morgan fingerprint density at radius 2 is 1.89 bits per heavy atom. The van der Waals surface area contributed by atoms with E-state index < -0.39 is 0 Å². The fraction of sp³-hybridized carbons (Fsp3) is 0.462. The smallest absolute Gasteiger partial charge is 0.227 e. The Kier molecular flexibility index (Phi) is 4.34. The third kappa shape index (κ3) is 3.79. The molecule has 0 saturated heterocycles. The minimum atomic E-state index is -0.0886. The van der Waals surface area contributed by atoms with E-state index in [2.05, 4.69) is 15.3 Å². The molecule has 1 aromatic rings. The Labute approximate surface area is 107 Å². The lowest BCUT2D eigenvalue weighted by molar-refractivity contribution is -0.122. The highest BCUT2D eigenvalue weighted by molar-refractivity contribution is 5.92. The van der Waals surface area contributed by atoms with E-state index >= 15 is 0 Å². The minimum absolute atomic E-state index is 0.0148. The topological polar surface area (TPSA) is 77.9 Å². The molecule has 18 heavy (non-hydrogen) atoms. The van der Waals surface area contributed by atoms with Gasteiger partial charge in [-0.1, -0.05) is 44.9 Å². The van der Waals surface area contributed by atoms with Crippen LogP contribution in [0.2, 0.25) is 0 Å². The molecule has 5 heteroatoms. The first-order valence-corrected chi connectivity index (χ1v) is 5.80. The summed E-state index contributed by atoms with van der Waals surface area (Å²) in [5.74, 6) is -0.103. The lowest BCUT2D eigenvalue weighted by Gasteiger charge is -2.26. The second-order valence-electron chi connectivity index (χ2n) is 5.31. The third-order valence-electron chi connectivity index (χ3n) is 2.99. The zero-order chi connectivity index (χ0) is 13.8. The number of nitrogens with zero attached hydrogens (tertiary/aromatic N) is 3. The molecule has 96 valence electrons. The third-order valence-corrected chi connectivity index (χ3v) is 2.99. The Bertz CT molecular complexity index is 467. The Morgan fingerprint density at radius 1 is 1.33 bits per heavy atom. The Hall–Kier alpha value is -2.00. The lowest BCUT2D eigenvalue weighted by atomic mass is 9.81. The predicted octanol–water partition coefficient (Wildman–Crippen LogP) is 4.25. The molecule has 0 aliphatic heterocycles. The molecule has 0 saturated carbocycles. The van der Waals surface area contributed by atoms with Gasteiger partial charge in [0.15, 0.2) is 0 Å². The maximum Gasteiger partial charge on any atom is 0.227 e. The molecular weight excluding hydrogens is 228 g/mol. The number of carbonyl (C=O) groups is 1. The van der Waals surface area contributed by atoms with Crippen LogP contribution in [0.4, 0.5) is 11.4 Å². The average Bonchev–Trinajstić information content (AvgIpc) is 2.30. The molecule has 1 amide bonds. The standard InChI is InChI=1S/C13H18N4O/c1-9(13(2,3)4)12(18)15-10-5-7-11(8-6-10)16-17-14/h5-9H,1-4H3,(H,15,18). The fourth-order valence-corrected chi connectivity index (χ4v) is 1.31. The molecule has 0 aliphatic rings. The second-order valence-corrected chi connectivity index (χ2v) is 5.31. The Morgan fingerprint density at radius 3 is 2.33 bits per heavy atom. The van der Waals surface area contributed by atoms with Crippen molar-refractivity contribution in [3.63, 3.8) is 0 Å². The van der Waals surface area contributed by atoms with E-state index in [0.717, 1.165) is 0 Å². The van der Waals surface area contributed by atoms with E-state index in [1.54, 1.807) is 24.3 Å². The van der Waals surface area contributed by atoms with Crippen molar-refractivity contribution in [2.24, 2.45) is 16.4 Å². The largest absolute Gasteiger partial charge is 0.326 e. The van der Waals surface area contributed by atoms with Gasteiger partial charge in [0.25, 0.3) is 0 Å². The summed E-state index contributed by atoms with van der Waals surface area (Å²) in [6.07, 6.45) is 0. The van der Waals surface area contributed by atoms with Gasteiger partial charge in [0.2, 0.25) is 5.91 Å². The monoisotopic (exact) mass is 246 g/mol. The van der Waals surface area contributed by atoms with Gasteiger partial charge in [-0.25, -0.2) is 0 Å². The SMILES string of the molecule is CC(C(=O)Nc1ccc(N=[N+]=[N-])cc1)C(C)(C)C. The number of carbonyl (C=O) groups excluding carboxylic acids is 1. The zero-order valence-electron chi connectivity index (χ0n) is 11.1. The molecule has 1 aromatic carbocycles. The van der Waals surface area contributed by atoms with E-state index in [-0.39, 0.29) is 17.2 Å². The van der Waals surface area contributed by atoms with Gasteiger partial charge in [-0.3, -0.25) is 4.79 Å². The number of rotatable bonds is 3. The highest BCUT2D eigenvalue weighted by Gasteiger charge is 2.26. The van der Waals surface area contributed by atoms with Gasteiger partial charge < -0.3 is 5.32 Å². The molecule has 0 aliphatic carbocycles. The second kappa shape index (κ2) is 5.56. The van der Waals surface area contributed by atoms with Gasteiger partial charge in [0.1, 0.15) is 0 Å². The summed E-state index contributed by atoms with van der Waals surface area (Å²) >= 11 is 0. The number of azide groups is 1. The fourth-order valence-electron chi connectivity index (χ4n) is 1.31. The molecule has 5 nitrogen and oxygen atoms in total. The van der Waals surface area contributed by atoms with Crippen molar-refractivity contribution in [3.05, 3.63) is 34.7 Å². The number of nitrogens with one attached hydrogen (secondary N) is 1. The van der Waals surface area contributed by atoms with Crippen molar-refractivity contribution in [2.45, 2.75) is 27.7 Å². The van der Waals surface area contributed by atoms with Crippen molar-refractivity contribution in [2.75, 3.05) is 5.32 Å². The lowest BCUT2D eigenvalue weighted by Crippen LogP contribution is -2.30. The molecule has 0 spiro atoms. The maximum atomic E-state index is 12.0. The van der Waals surface area contributed by atoms with Crippen molar-refractivity contribution in [1.29, 1.82) is 0 Å². The quantitative estimate of drug-likeness (QED) is 0.483. The molecule has 1 unspecified atom stereocenters. The highest BCUT2D eigenvalue weighted by Crippen LogP contribution is 2.26. The number of hydrogen-bond acceptors (Lipinski definition) is 2. The van der Waals surface area contributed by atoms with Gasteiger partial charge in [0.05, 0.1) is 0 Å². The van der Waals surface area contributed by atoms with Gasteiger partial charge >= 0.3 is 0 Å². The summed E-state index contributed by atoms with van der Waals surface area (Å²) in [6, 6.07) is 6.77. The highest BCUT2D eigenvalue weighted by atomic mass is 16.1. The minimum Gasteiger partial charge on any atom is -0.326 e. The summed E-state index contributed by atoms with van der Waals surface area (Å²) in [6.45, 7) is 8.00. The van der Waals surface area contributed by atoms with E-state index in [0.29, 0.717) is 11.4 Å². The molecule has 1 rings (SSSR count). The summed E-state index contributed by atoms with van der Waals surface area (Å²) in [5.41, 5.74) is 9.44. The van der Waals surface area contributed by atoms with Crippen LogP contribution in [0.3, 0.4) is 0 Å². The van der Waals surface area contributed by atoms with Crippen LogP contribution >= 0.6 is 0 Å². The van der Waals surface area contributed by atoms with E-state index in [1.807, 2.05) is 27.7 Å². The van der Waals surface area contributed by atoms with Crippen molar-refractivity contribution in [1.82, 2.24) is 0 Å². The van der Waals surface area contributed by atoms with Gasteiger partial charge in [-0.2, -0.15) is 0 Å². The van der Waals surface area contributed by atoms with Gasteiger partial charge in [-0.15, -0.1) is 0 Å². The molecule has 0 bridgehead atoms. The first-order valence-electron chi connectivity index (χ1n) is 5.80. The van der Waals surface area contributed by atoms with Gasteiger partial charge in [0, 0.05) is 22.2 Å². The van der Waals surface area contributed by atoms with Crippen molar-refractivity contribution >= 4 is 17.3 Å². The molecule has 1 N–H and O–H groups in total.